The zero-order chi connectivity index (χ0) is 13.3. The van der Waals surface area contributed by atoms with Gasteiger partial charge in [0.1, 0.15) is 0 Å². The highest BCUT2D eigenvalue weighted by molar-refractivity contribution is 5.04. The van der Waals surface area contributed by atoms with Crippen molar-refractivity contribution in [3.8, 4) is 0 Å². The van der Waals surface area contributed by atoms with E-state index >= 15 is 0 Å². The third-order valence-corrected chi connectivity index (χ3v) is 5.01. The highest BCUT2D eigenvalue weighted by Gasteiger charge is 2.45. The van der Waals surface area contributed by atoms with Crippen molar-refractivity contribution < 1.29 is 0 Å². The summed E-state index contributed by atoms with van der Waals surface area (Å²) in [5.74, 6) is 0. The minimum Gasteiger partial charge on any atom is -0.329 e. The van der Waals surface area contributed by atoms with E-state index in [1.807, 2.05) is 0 Å². The van der Waals surface area contributed by atoms with E-state index in [0.29, 0.717) is 12.1 Å². The predicted molar refractivity (Wildman–Crippen MR) is 76.8 cm³/mol. The smallest absolute Gasteiger partial charge is 0.0476 e. The van der Waals surface area contributed by atoms with Crippen LogP contribution in [0.3, 0.4) is 0 Å². The predicted octanol–water partition coefficient (Wildman–Crippen LogP) is 0.434. The number of hydrogen-bond acceptors (Lipinski definition) is 4. The van der Waals surface area contributed by atoms with E-state index in [9.17, 15) is 0 Å². The number of likely N-dealkylation sites (tertiary alicyclic amines) is 1. The molecule has 4 nitrogen and oxygen atoms in total. The Hall–Kier alpha value is -0.160. The van der Waals surface area contributed by atoms with E-state index in [2.05, 4.69) is 42.6 Å². The fourth-order valence-corrected chi connectivity index (χ4v) is 3.94. The Morgan fingerprint density at radius 1 is 1.17 bits per heavy atom. The van der Waals surface area contributed by atoms with Crippen LogP contribution in [0.1, 0.15) is 26.7 Å². The van der Waals surface area contributed by atoms with Gasteiger partial charge in [-0.05, 0) is 47.3 Å². The Morgan fingerprint density at radius 3 is 2.44 bits per heavy atom. The maximum absolute atomic E-state index is 6.19. The summed E-state index contributed by atoms with van der Waals surface area (Å²) in [4.78, 5) is 7.63. The summed E-state index contributed by atoms with van der Waals surface area (Å²) in [6, 6.07) is 1.27. The van der Waals surface area contributed by atoms with Gasteiger partial charge in [0.15, 0.2) is 0 Å². The van der Waals surface area contributed by atoms with E-state index in [0.717, 1.165) is 13.1 Å². The first-order valence-electron chi connectivity index (χ1n) is 7.34. The molecular weight excluding hydrogens is 224 g/mol. The third kappa shape index (κ3) is 2.57. The van der Waals surface area contributed by atoms with Gasteiger partial charge < -0.3 is 15.5 Å². The molecule has 0 saturated carbocycles. The van der Waals surface area contributed by atoms with Crippen LogP contribution in [0.2, 0.25) is 0 Å². The molecule has 0 aromatic heterocycles. The summed E-state index contributed by atoms with van der Waals surface area (Å²) >= 11 is 0. The van der Waals surface area contributed by atoms with E-state index < -0.39 is 0 Å². The van der Waals surface area contributed by atoms with Crippen molar-refractivity contribution in [1.29, 1.82) is 0 Å². The average Bonchev–Trinajstić information content (AvgIpc) is 2.49. The third-order valence-electron chi connectivity index (χ3n) is 5.01. The van der Waals surface area contributed by atoms with Crippen LogP contribution in [0, 0.1) is 0 Å². The zero-order valence-corrected chi connectivity index (χ0v) is 12.5. The van der Waals surface area contributed by atoms with Crippen LogP contribution in [0.15, 0.2) is 0 Å². The summed E-state index contributed by atoms with van der Waals surface area (Å²) < 4.78 is 0. The van der Waals surface area contributed by atoms with Gasteiger partial charge in [0.25, 0.3) is 0 Å². The molecule has 4 heteroatoms. The van der Waals surface area contributed by atoms with E-state index in [1.54, 1.807) is 0 Å². The van der Waals surface area contributed by atoms with Gasteiger partial charge in [0.2, 0.25) is 0 Å². The highest BCUT2D eigenvalue weighted by Crippen LogP contribution is 2.33. The molecule has 106 valence electrons. The molecule has 0 bridgehead atoms. The topological polar surface area (TPSA) is 35.7 Å². The van der Waals surface area contributed by atoms with Crippen molar-refractivity contribution in [2.45, 2.75) is 44.3 Å². The summed E-state index contributed by atoms with van der Waals surface area (Å²) in [6.07, 6.45) is 2.48. The lowest BCUT2D eigenvalue weighted by atomic mass is 9.92. The summed E-state index contributed by atoms with van der Waals surface area (Å²) in [5, 5.41) is 0. The molecule has 0 aromatic carbocycles. The van der Waals surface area contributed by atoms with Crippen molar-refractivity contribution in [3.63, 3.8) is 0 Å². The van der Waals surface area contributed by atoms with Gasteiger partial charge >= 0.3 is 0 Å². The van der Waals surface area contributed by atoms with Crippen LogP contribution in [0.5, 0.6) is 0 Å². The van der Waals surface area contributed by atoms with Gasteiger partial charge in [-0.15, -0.1) is 0 Å². The lowest BCUT2D eigenvalue weighted by Crippen LogP contribution is -2.59. The second-order valence-corrected chi connectivity index (χ2v) is 6.55. The largest absolute Gasteiger partial charge is 0.329 e. The molecule has 2 rings (SSSR count). The average molecular weight is 254 g/mol. The van der Waals surface area contributed by atoms with Crippen molar-refractivity contribution in [1.82, 2.24) is 14.7 Å². The van der Waals surface area contributed by atoms with Crippen LogP contribution < -0.4 is 5.73 Å². The van der Waals surface area contributed by atoms with Gasteiger partial charge in [-0.25, -0.2) is 0 Å². The second kappa shape index (κ2) is 5.45. The molecule has 0 aromatic rings. The van der Waals surface area contributed by atoms with Crippen LogP contribution >= 0.6 is 0 Å². The van der Waals surface area contributed by atoms with Crippen molar-refractivity contribution in [3.05, 3.63) is 0 Å². The van der Waals surface area contributed by atoms with Crippen LogP contribution in [-0.4, -0.2) is 79.1 Å². The van der Waals surface area contributed by atoms with Gasteiger partial charge in [0.05, 0.1) is 0 Å². The molecule has 2 saturated heterocycles. The summed E-state index contributed by atoms with van der Waals surface area (Å²) in [5.41, 5.74) is 6.40. The lowest BCUT2D eigenvalue weighted by molar-refractivity contribution is 0.0638. The van der Waals surface area contributed by atoms with Crippen molar-refractivity contribution >= 4 is 0 Å². The van der Waals surface area contributed by atoms with Gasteiger partial charge in [-0.3, -0.25) is 4.90 Å². The van der Waals surface area contributed by atoms with Crippen LogP contribution in [0.25, 0.3) is 0 Å². The van der Waals surface area contributed by atoms with E-state index in [4.69, 9.17) is 5.73 Å². The van der Waals surface area contributed by atoms with Crippen LogP contribution in [0.4, 0.5) is 0 Å². The molecule has 2 fully saturated rings. The number of likely N-dealkylation sites (N-methyl/N-ethyl adjacent to an activating group) is 2. The Kier molecular flexibility index (Phi) is 4.32. The molecule has 2 N–H and O–H groups in total. The molecule has 2 heterocycles. The first-order valence-corrected chi connectivity index (χ1v) is 7.34. The molecule has 2 aliphatic rings. The highest BCUT2D eigenvalue weighted by atomic mass is 15.3. The molecule has 0 aliphatic carbocycles. The summed E-state index contributed by atoms with van der Waals surface area (Å²) in [7, 11) is 4.47. The number of nitrogens with zero attached hydrogens (tertiary/aromatic N) is 3. The van der Waals surface area contributed by atoms with Gasteiger partial charge in [-0.1, -0.05) is 0 Å². The normalized spacial score (nSPS) is 41.2. The molecule has 18 heavy (non-hydrogen) atoms. The molecular formula is C14H30N4. The summed E-state index contributed by atoms with van der Waals surface area (Å²) in [6.45, 7) is 10.2. The SMILES string of the molecule is CC1CC(CN)(N2CCCN(C)CC2C)CN1C. The van der Waals surface area contributed by atoms with Crippen molar-refractivity contribution in [2.24, 2.45) is 5.73 Å². The van der Waals surface area contributed by atoms with Gasteiger partial charge in [-0.2, -0.15) is 0 Å². The second-order valence-electron chi connectivity index (χ2n) is 6.55. The first-order chi connectivity index (χ1) is 8.48. The molecule has 2 aliphatic heterocycles. The molecule has 3 atom stereocenters. The molecule has 0 radical (unpaired) electrons. The lowest BCUT2D eigenvalue weighted by Gasteiger charge is -2.43. The number of nitrogens with two attached hydrogens (primary N) is 1. The Balaban J connectivity index is 2.16. The van der Waals surface area contributed by atoms with Crippen LogP contribution in [-0.2, 0) is 0 Å². The molecule has 3 unspecified atom stereocenters. The Bertz CT molecular complexity index is 271. The minimum absolute atomic E-state index is 0.207. The Morgan fingerprint density at radius 2 is 1.89 bits per heavy atom. The number of hydrogen-bond donors (Lipinski definition) is 1. The maximum Gasteiger partial charge on any atom is 0.0476 e. The molecule has 0 spiro atoms. The standard InChI is InChI=1S/C14H30N4/c1-12-8-14(10-15,11-17(12)4)18-7-5-6-16(3)9-13(18)2/h12-13H,5-11,15H2,1-4H3. The zero-order valence-electron chi connectivity index (χ0n) is 12.5. The maximum atomic E-state index is 6.19. The quantitative estimate of drug-likeness (QED) is 0.775. The fraction of sp³-hybridized carbons (Fsp3) is 1.00. The fourth-order valence-electron chi connectivity index (χ4n) is 3.94. The van der Waals surface area contributed by atoms with Gasteiger partial charge in [0, 0.05) is 43.8 Å². The minimum atomic E-state index is 0.207. The van der Waals surface area contributed by atoms with E-state index in [1.165, 1.54) is 32.5 Å². The number of rotatable bonds is 2. The first kappa shape index (κ1) is 14.3. The Labute approximate surface area is 112 Å². The molecule has 0 amide bonds. The van der Waals surface area contributed by atoms with E-state index in [-0.39, 0.29) is 5.54 Å². The van der Waals surface area contributed by atoms with Crippen molar-refractivity contribution in [2.75, 3.05) is 46.8 Å². The monoisotopic (exact) mass is 254 g/mol.